The molecule has 2 aliphatic heterocycles. The van der Waals surface area contributed by atoms with Gasteiger partial charge in [0.2, 0.25) is 0 Å². The van der Waals surface area contributed by atoms with E-state index in [1.807, 2.05) is 30.5 Å². The molecule has 5 rings (SSSR count). The van der Waals surface area contributed by atoms with E-state index in [0.29, 0.717) is 53.3 Å². The van der Waals surface area contributed by atoms with Crippen molar-refractivity contribution < 1.29 is 19.5 Å². The van der Waals surface area contributed by atoms with Crippen molar-refractivity contribution in [2.75, 3.05) is 23.7 Å². The van der Waals surface area contributed by atoms with Crippen LogP contribution in [0, 0.1) is 0 Å². The van der Waals surface area contributed by atoms with Crippen LogP contribution < -0.4 is 16.4 Å². The van der Waals surface area contributed by atoms with E-state index >= 15 is 0 Å². The van der Waals surface area contributed by atoms with Gasteiger partial charge in [-0.05, 0) is 60.0 Å². The van der Waals surface area contributed by atoms with Crippen LogP contribution in [0.5, 0.6) is 0 Å². The smallest absolute Gasteiger partial charge is 0.316 e. The van der Waals surface area contributed by atoms with Gasteiger partial charge in [-0.2, -0.15) is 0 Å². The van der Waals surface area contributed by atoms with Crippen LogP contribution >= 0.6 is 0 Å². The number of hydrogen-bond donors (Lipinski definition) is 5. The number of carbonyl (C=O) groups is 3. The van der Waals surface area contributed by atoms with Crippen molar-refractivity contribution in [3.63, 3.8) is 0 Å². The standard InChI is InChI=1S/C25H23N5O4/c26-25(34)28-17-4-5-22-20(10-17)21(23(32)29-22)11-18-9-16(12-27-18)14-2-1-3-15(8-14)24(33)30-7-6-19(31)13-30/h1-5,8-12,19,27,31H,6-7,13H2,(H,29,32)(H3,26,28,34)/b21-11-/t19-/m1/s1. The Morgan fingerprint density at radius 3 is 2.76 bits per heavy atom. The van der Waals surface area contributed by atoms with Crippen LogP contribution in [0.3, 0.4) is 0 Å². The summed E-state index contributed by atoms with van der Waals surface area (Å²) in [5.41, 5.74) is 10.4. The lowest BCUT2D eigenvalue weighted by molar-refractivity contribution is -0.110. The van der Waals surface area contributed by atoms with Crippen LogP contribution in [0.1, 0.15) is 28.0 Å². The Labute approximate surface area is 195 Å². The lowest BCUT2D eigenvalue weighted by Crippen LogP contribution is -2.29. The molecule has 0 aliphatic carbocycles. The molecule has 0 radical (unpaired) electrons. The molecule has 34 heavy (non-hydrogen) atoms. The summed E-state index contributed by atoms with van der Waals surface area (Å²) in [6, 6.07) is 13.6. The number of urea groups is 1. The number of aromatic nitrogens is 1. The Morgan fingerprint density at radius 2 is 2.00 bits per heavy atom. The molecule has 1 saturated heterocycles. The number of primary amides is 1. The molecule has 172 valence electrons. The first-order valence-electron chi connectivity index (χ1n) is 10.9. The zero-order valence-corrected chi connectivity index (χ0v) is 18.2. The zero-order valence-electron chi connectivity index (χ0n) is 18.2. The summed E-state index contributed by atoms with van der Waals surface area (Å²) in [5.74, 6) is -0.348. The SMILES string of the molecule is NC(=O)Nc1ccc2c(c1)/C(=C/c1cc(-c3cccc(C(=O)N4CC[C@@H](O)C4)c3)c[nH]1)C(=O)N2. The molecule has 0 saturated carbocycles. The molecule has 4 amide bonds. The van der Waals surface area contributed by atoms with Gasteiger partial charge in [-0.15, -0.1) is 0 Å². The van der Waals surface area contributed by atoms with Crippen LogP contribution in [0.25, 0.3) is 22.8 Å². The van der Waals surface area contributed by atoms with E-state index in [-0.39, 0.29) is 11.8 Å². The monoisotopic (exact) mass is 457 g/mol. The number of nitrogens with zero attached hydrogens (tertiary/aromatic N) is 1. The first kappa shape index (κ1) is 21.5. The Kier molecular flexibility index (Phi) is 5.39. The van der Waals surface area contributed by atoms with Gasteiger partial charge in [-0.25, -0.2) is 4.79 Å². The molecule has 0 unspecified atom stereocenters. The zero-order chi connectivity index (χ0) is 23.8. The van der Waals surface area contributed by atoms with Gasteiger partial charge >= 0.3 is 6.03 Å². The highest BCUT2D eigenvalue weighted by atomic mass is 16.3. The molecular weight excluding hydrogens is 434 g/mol. The third-order valence-corrected chi connectivity index (χ3v) is 5.97. The number of amides is 4. The van der Waals surface area contributed by atoms with Crippen molar-refractivity contribution in [1.29, 1.82) is 0 Å². The Balaban J connectivity index is 1.41. The average molecular weight is 457 g/mol. The highest BCUT2D eigenvalue weighted by molar-refractivity contribution is 6.35. The summed E-state index contributed by atoms with van der Waals surface area (Å²) in [5, 5.41) is 15.1. The number of nitrogens with two attached hydrogens (primary N) is 1. The number of fused-ring (bicyclic) bond motifs is 1. The van der Waals surface area contributed by atoms with E-state index in [1.165, 1.54) is 0 Å². The van der Waals surface area contributed by atoms with Gasteiger partial charge in [0.1, 0.15) is 0 Å². The number of anilines is 2. The quantitative estimate of drug-likeness (QED) is 0.384. The molecule has 1 atom stereocenters. The van der Waals surface area contributed by atoms with Gasteiger partial charge < -0.3 is 31.4 Å². The predicted molar refractivity (Wildman–Crippen MR) is 129 cm³/mol. The molecule has 1 aromatic heterocycles. The Hall–Kier alpha value is -4.37. The van der Waals surface area contributed by atoms with E-state index < -0.39 is 12.1 Å². The predicted octanol–water partition coefficient (Wildman–Crippen LogP) is 2.87. The van der Waals surface area contributed by atoms with Crippen LogP contribution in [-0.2, 0) is 4.79 Å². The number of rotatable bonds is 4. The maximum atomic E-state index is 12.8. The number of nitrogens with one attached hydrogen (secondary N) is 3. The number of carbonyl (C=O) groups excluding carboxylic acids is 3. The maximum absolute atomic E-state index is 12.8. The largest absolute Gasteiger partial charge is 0.391 e. The van der Waals surface area contributed by atoms with Gasteiger partial charge in [0.15, 0.2) is 0 Å². The fourth-order valence-electron chi connectivity index (χ4n) is 4.31. The van der Waals surface area contributed by atoms with E-state index in [1.54, 1.807) is 35.2 Å². The van der Waals surface area contributed by atoms with E-state index in [2.05, 4.69) is 15.6 Å². The average Bonchev–Trinajstić information content (AvgIpc) is 3.53. The van der Waals surface area contributed by atoms with Crippen LogP contribution in [-0.4, -0.2) is 52.0 Å². The topological polar surface area (TPSA) is 141 Å². The third-order valence-electron chi connectivity index (χ3n) is 5.97. The van der Waals surface area contributed by atoms with Crippen LogP contribution in [0.4, 0.5) is 16.2 Å². The second kappa shape index (κ2) is 8.53. The highest BCUT2D eigenvalue weighted by Crippen LogP contribution is 2.35. The number of likely N-dealkylation sites (tertiary alicyclic amines) is 1. The minimum Gasteiger partial charge on any atom is -0.391 e. The van der Waals surface area contributed by atoms with Crippen LogP contribution in [0.15, 0.2) is 54.7 Å². The van der Waals surface area contributed by atoms with Crippen molar-refractivity contribution in [2.24, 2.45) is 5.73 Å². The molecular formula is C25H23N5O4. The summed E-state index contributed by atoms with van der Waals surface area (Å²) in [7, 11) is 0. The number of aliphatic hydroxyl groups is 1. The minimum absolute atomic E-state index is 0.101. The lowest BCUT2D eigenvalue weighted by Gasteiger charge is -2.15. The molecule has 3 aromatic rings. The third kappa shape index (κ3) is 4.16. The lowest BCUT2D eigenvalue weighted by atomic mass is 10.0. The first-order chi connectivity index (χ1) is 16.4. The Morgan fingerprint density at radius 1 is 1.15 bits per heavy atom. The van der Waals surface area contributed by atoms with Crippen molar-refractivity contribution in [3.05, 3.63) is 71.5 Å². The summed E-state index contributed by atoms with van der Waals surface area (Å²) in [6.07, 6.45) is 3.68. The van der Waals surface area contributed by atoms with Crippen molar-refractivity contribution in [3.8, 4) is 11.1 Å². The molecule has 3 heterocycles. The molecule has 9 heteroatoms. The molecule has 0 bridgehead atoms. The fourth-order valence-corrected chi connectivity index (χ4v) is 4.31. The summed E-state index contributed by atoms with van der Waals surface area (Å²) < 4.78 is 0. The van der Waals surface area contributed by atoms with Crippen molar-refractivity contribution in [1.82, 2.24) is 9.88 Å². The number of H-pyrrole nitrogens is 1. The first-order valence-corrected chi connectivity index (χ1v) is 10.9. The molecule has 2 aromatic carbocycles. The molecule has 2 aliphatic rings. The number of aromatic amines is 1. The number of benzene rings is 2. The maximum Gasteiger partial charge on any atom is 0.316 e. The molecule has 6 N–H and O–H groups in total. The van der Waals surface area contributed by atoms with Gasteiger partial charge in [0.25, 0.3) is 11.8 Å². The van der Waals surface area contributed by atoms with Crippen molar-refractivity contribution >= 4 is 40.9 Å². The number of hydrogen-bond acceptors (Lipinski definition) is 4. The number of β-amino-alcohol motifs (C(OH)–C–C–N with tert-alkyl or cyclic N) is 1. The molecule has 9 nitrogen and oxygen atoms in total. The summed E-state index contributed by atoms with van der Waals surface area (Å²) in [6.45, 7) is 0.900. The number of aliphatic hydroxyl groups excluding tert-OH is 1. The molecule has 0 spiro atoms. The summed E-state index contributed by atoms with van der Waals surface area (Å²) >= 11 is 0. The van der Waals surface area contributed by atoms with Crippen LogP contribution in [0.2, 0.25) is 0 Å². The van der Waals surface area contributed by atoms with Gasteiger partial charge in [0, 0.05) is 47.5 Å². The van der Waals surface area contributed by atoms with E-state index in [9.17, 15) is 19.5 Å². The second-order valence-electron chi connectivity index (χ2n) is 8.38. The highest BCUT2D eigenvalue weighted by Gasteiger charge is 2.26. The molecule has 1 fully saturated rings. The van der Waals surface area contributed by atoms with E-state index in [4.69, 9.17) is 5.73 Å². The normalized spacial score (nSPS) is 18.1. The van der Waals surface area contributed by atoms with Crippen molar-refractivity contribution in [2.45, 2.75) is 12.5 Å². The Bertz CT molecular complexity index is 1340. The second-order valence-corrected chi connectivity index (χ2v) is 8.38. The van der Waals surface area contributed by atoms with Gasteiger partial charge in [0.05, 0.1) is 11.7 Å². The van der Waals surface area contributed by atoms with Gasteiger partial charge in [-0.3, -0.25) is 9.59 Å². The summed E-state index contributed by atoms with van der Waals surface area (Å²) in [4.78, 5) is 41.3. The fraction of sp³-hybridized carbons (Fsp3) is 0.160. The van der Waals surface area contributed by atoms with E-state index in [0.717, 1.165) is 11.1 Å². The van der Waals surface area contributed by atoms with Gasteiger partial charge in [-0.1, -0.05) is 12.1 Å². The minimum atomic E-state index is -0.682.